The molecule has 0 saturated heterocycles. The molecule has 26 heavy (non-hydrogen) atoms. The van der Waals surface area contributed by atoms with Crippen LogP contribution in [0.1, 0.15) is 11.3 Å². The minimum atomic E-state index is -3.65. The van der Waals surface area contributed by atoms with Gasteiger partial charge in [0.05, 0.1) is 21.9 Å². The molecule has 0 amide bonds. The van der Waals surface area contributed by atoms with Crippen LogP contribution in [0.2, 0.25) is 0 Å². The lowest BCUT2D eigenvalue weighted by Gasteiger charge is -2.10. The molecule has 0 unspecified atom stereocenters. The van der Waals surface area contributed by atoms with E-state index < -0.39 is 9.84 Å². The van der Waals surface area contributed by atoms with Crippen molar-refractivity contribution >= 4 is 31.7 Å². The molecule has 3 heterocycles. The van der Waals surface area contributed by atoms with Crippen molar-refractivity contribution in [1.29, 1.82) is 0 Å². The van der Waals surface area contributed by atoms with Crippen molar-refractivity contribution in [1.82, 2.24) is 9.88 Å². The highest BCUT2D eigenvalue weighted by Crippen LogP contribution is 2.33. The number of rotatable bonds is 2. The first kappa shape index (κ1) is 15.7. The molecule has 0 aliphatic carbocycles. The predicted octanol–water partition coefficient (Wildman–Crippen LogP) is 3.40. The van der Waals surface area contributed by atoms with Crippen LogP contribution in [0.5, 0.6) is 0 Å². The molecule has 0 atom stereocenters. The Morgan fingerprint density at radius 3 is 2.92 bits per heavy atom. The van der Waals surface area contributed by atoms with Gasteiger partial charge in [-0.1, -0.05) is 12.1 Å². The highest BCUT2D eigenvalue weighted by molar-refractivity contribution is 7.91. The minimum absolute atomic E-state index is 0.262. The normalized spacial score (nSPS) is 14.8. The third-order valence-corrected chi connectivity index (χ3v) is 6.93. The minimum Gasteiger partial charge on any atom is -0.459 e. The lowest BCUT2D eigenvalue weighted by Crippen LogP contribution is -2.22. The Kier molecular flexibility index (Phi) is 3.29. The summed E-state index contributed by atoms with van der Waals surface area (Å²) in [7, 11) is -1.79. The lowest BCUT2D eigenvalue weighted by atomic mass is 10.1. The first-order chi connectivity index (χ1) is 12.6. The summed E-state index contributed by atoms with van der Waals surface area (Å²) in [6.07, 6.45) is 2.78. The molecule has 0 saturated carbocycles. The maximum Gasteiger partial charge on any atom is 0.208 e. The fourth-order valence-electron chi connectivity index (χ4n) is 3.84. The zero-order valence-corrected chi connectivity index (χ0v) is 15.1. The second kappa shape index (κ2) is 5.46. The summed E-state index contributed by atoms with van der Waals surface area (Å²) in [5.74, 6) is 0.908. The Morgan fingerprint density at radius 2 is 2.04 bits per heavy atom. The van der Waals surface area contributed by atoms with Gasteiger partial charge in [-0.15, -0.1) is 0 Å². The molecule has 132 valence electrons. The van der Waals surface area contributed by atoms with Crippen LogP contribution in [0.25, 0.3) is 21.9 Å². The number of fused-ring (bicyclic) bond motifs is 4. The molecule has 0 radical (unpaired) electrons. The Bertz CT molecular complexity index is 1270. The van der Waals surface area contributed by atoms with Crippen LogP contribution in [0.3, 0.4) is 0 Å². The van der Waals surface area contributed by atoms with Gasteiger partial charge in [-0.05, 0) is 37.2 Å². The van der Waals surface area contributed by atoms with E-state index >= 15 is 0 Å². The van der Waals surface area contributed by atoms with Gasteiger partial charge in [0.1, 0.15) is 11.3 Å². The molecule has 6 heteroatoms. The third-order valence-electron chi connectivity index (χ3n) is 5.15. The van der Waals surface area contributed by atoms with Gasteiger partial charge in [0, 0.05) is 35.6 Å². The Balaban J connectivity index is 1.72. The molecule has 1 N–H and O–H groups in total. The van der Waals surface area contributed by atoms with E-state index in [1.807, 2.05) is 36.0 Å². The van der Waals surface area contributed by atoms with Crippen molar-refractivity contribution in [3.63, 3.8) is 0 Å². The van der Waals surface area contributed by atoms with E-state index in [4.69, 9.17) is 4.42 Å². The van der Waals surface area contributed by atoms with Gasteiger partial charge in [-0.25, -0.2) is 8.42 Å². The number of hydrogen-bond donors (Lipinski definition) is 1. The summed E-state index contributed by atoms with van der Waals surface area (Å²) in [4.78, 5) is 0.581. The highest BCUT2D eigenvalue weighted by Gasteiger charge is 2.24. The molecule has 0 spiro atoms. The van der Waals surface area contributed by atoms with Crippen LogP contribution in [-0.4, -0.2) is 19.5 Å². The molecule has 1 aliphatic rings. The van der Waals surface area contributed by atoms with Gasteiger partial charge in [0.2, 0.25) is 9.84 Å². The van der Waals surface area contributed by atoms with Crippen LogP contribution in [0.4, 0.5) is 0 Å². The van der Waals surface area contributed by atoms with Crippen molar-refractivity contribution in [2.45, 2.75) is 22.8 Å². The summed E-state index contributed by atoms with van der Waals surface area (Å²) in [5.41, 5.74) is 2.54. The number of sulfone groups is 1. The van der Waals surface area contributed by atoms with E-state index in [1.165, 1.54) is 5.56 Å². The molecule has 5 rings (SSSR count). The van der Waals surface area contributed by atoms with Crippen LogP contribution in [0.15, 0.2) is 62.9 Å². The Labute approximate surface area is 151 Å². The highest BCUT2D eigenvalue weighted by atomic mass is 32.2. The van der Waals surface area contributed by atoms with Crippen molar-refractivity contribution in [3.05, 3.63) is 60.0 Å². The van der Waals surface area contributed by atoms with E-state index in [-0.39, 0.29) is 4.90 Å². The van der Waals surface area contributed by atoms with E-state index in [2.05, 4.69) is 5.32 Å². The van der Waals surface area contributed by atoms with E-state index in [0.717, 1.165) is 35.0 Å². The van der Waals surface area contributed by atoms with Crippen LogP contribution < -0.4 is 5.32 Å². The lowest BCUT2D eigenvalue weighted by molar-refractivity contribution is 0.487. The topological polar surface area (TPSA) is 64.2 Å². The monoisotopic (exact) mass is 366 g/mol. The quantitative estimate of drug-likeness (QED) is 0.591. The van der Waals surface area contributed by atoms with Crippen LogP contribution >= 0.6 is 0 Å². The number of hydrogen-bond acceptors (Lipinski definition) is 4. The standard InChI is InChI=1S/C20H18N2O3S/c1-22-10-8-13-3-2-4-19(20(13)22)26(23,24)14-5-6-15-16-7-9-21-12-18(16)25-17(15)11-14/h2-6,8,10-11,21H,7,9,12H2,1H3. The van der Waals surface area contributed by atoms with E-state index in [0.29, 0.717) is 17.0 Å². The van der Waals surface area contributed by atoms with Gasteiger partial charge in [-0.2, -0.15) is 0 Å². The second-order valence-electron chi connectivity index (χ2n) is 6.71. The molecule has 2 aromatic carbocycles. The van der Waals surface area contributed by atoms with Crippen LogP contribution in [-0.2, 0) is 29.9 Å². The third kappa shape index (κ3) is 2.15. The molecule has 4 aromatic rings. The summed E-state index contributed by atoms with van der Waals surface area (Å²) in [6.45, 7) is 1.60. The number of furan rings is 1. The van der Waals surface area contributed by atoms with Crippen molar-refractivity contribution in [2.75, 3.05) is 6.54 Å². The van der Waals surface area contributed by atoms with Gasteiger partial charge in [0.15, 0.2) is 0 Å². The first-order valence-electron chi connectivity index (χ1n) is 8.60. The van der Waals surface area contributed by atoms with Crippen molar-refractivity contribution < 1.29 is 12.8 Å². The maximum absolute atomic E-state index is 13.3. The molecule has 0 bridgehead atoms. The summed E-state index contributed by atoms with van der Waals surface area (Å²) in [6, 6.07) is 12.5. The summed E-state index contributed by atoms with van der Waals surface area (Å²) >= 11 is 0. The molecule has 2 aromatic heterocycles. The number of aryl methyl sites for hydroxylation is 1. The average molecular weight is 366 g/mol. The maximum atomic E-state index is 13.3. The SMILES string of the molecule is Cn1ccc2cccc(S(=O)(=O)c3ccc4c5c(oc4c3)CNCC5)c21. The largest absolute Gasteiger partial charge is 0.459 e. The summed E-state index contributed by atoms with van der Waals surface area (Å²) < 4.78 is 34.4. The van der Waals surface area contributed by atoms with Gasteiger partial charge in [0.25, 0.3) is 0 Å². The molecular formula is C20H18N2O3S. The van der Waals surface area contributed by atoms with E-state index in [1.54, 1.807) is 24.3 Å². The number of nitrogens with zero attached hydrogens (tertiary/aromatic N) is 1. The smallest absolute Gasteiger partial charge is 0.208 e. The Hall–Kier alpha value is -2.57. The average Bonchev–Trinajstić information content (AvgIpc) is 3.21. The number of nitrogens with one attached hydrogen (secondary N) is 1. The van der Waals surface area contributed by atoms with Crippen LogP contribution in [0, 0.1) is 0 Å². The fraction of sp³-hybridized carbons (Fsp3) is 0.200. The fourth-order valence-corrected chi connectivity index (χ4v) is 5.38. The Morgan fingerprint density at radius 1 is 1.15 bits per heavy atom. The zero-order chi connectivity index (χ0) is 17.9. The number of benzene rings is 2. The molecular weight excluding hydrogens is 348 g/mol. The van der Waals surface area contributed by atoms with Gasteiger partial charge >= 0.3 is 0 Å². The van der Waals surface area contributed by atoms with E-state index in [9.17, 15) is 8.42 Å². The zero-order valence-electron chi connectivity index (χ0n) is 14.3. The molecule has 5 nitrogen and oxygen atoms in total. The van der Waals surface area contributed by atoms with Crippen molar-refractivity contribution in [2.24, 2.45) is 7.05 Å². The molecule has 0 fully saturated rings. The van der Waals surface area contributed by atoms with Gasteiger partial charge < -0.3 is 14.3 Å². The molecule has 1 aliphatic heterocycles. The number of para-hydroxylation sites is 1. The number of aromatic nitrogens is 1. The second-order valence-corrected chi connectivity index (χ2v) is 8.63. The summed E-state index contributed by atoms with van der Waals surface area (Å²) in [5, 5.41) is 5.20. The van der Waals surface area contributed by atoms with Gasteiger partial charge in [-0.3, -0.25) is 0 Å². The predicted molar refractivity (Wildman–Crippen MR) is 100.0 cm³/mol. The first-order valence-corrected chi connectivity index (χ1v) is 10.1. The van der Waals surface area contributed by atoms with Crippen molar-refractivity contribution in [3.8, 4) is 0 Å².